The molecule has 2 aliphatic carbocycles. The molecule has 1 nitrogen and oxygen atoms in total. The molecule has 0 aromatic heterocycles. The monoisotopic (exact) mass is 342 g/mol. The van der Waals surface area contributed by atoms with Crippen molar-refractivity contribution in [1.29, 1.82) is 0 Å². The Morgan fingerprint density at radius 2 is 2.21 bits per heavy atom. The van der Waals surface area contributed by atoms with E-state index in [1.165, 1.54) is 31.2 Å². The maximum atomic E-state index is 6.65. The fourth-order valence-corrected chi connectivity index (χ4v) is 5.13. The Morgan fingerprint density at radius 1 is 1.37 bits per heavy atom. The highest BCUT2D eigenvalue weighted by atomic mass is 79.9. The molecule has 1 aromatic carbocycles. The Kier molecular flexibility index (Phi) is 4.09. The zero-order valence-corrected chi connectivity index (χ0v) is 13.6. The van der Waals surface area contributed by atoms with E-state index < -0.39 is 0 Å². The molecule has 0 radical (unpaired) electrons. The van der Waals surface area contributed by atoms with Gasteiger partial charge in [-0.3, -0.25) is 0 Å². The lowest BCUT2D eigenvalue weighted by atomic mass is 9.84. The van der Waals surface area contributed by atoms with E-state index in [-0.39, 0.29) is 5.38 Å². The van der Waals surface area contributed by atoms with Crippen LogP contribution in [0.15, 0.2) is 22.7 Å². The number of ether oxygens (including phenoxy) is 1. The molecule has 0 N–H and O–H groups in total. The topological polar surface area (TPSA) is 9.23 Å². The molecule has 0 amide bonds. The van der Waals surface area contributed by atoms with E-state index in [2.05, 4.69) is 22.0 Å². The molecule has 2 saturated carbocycles. The van der Waals surface area contributed by atoms with Crippen LogP contribution in [0.2, 0.25) is 0 Å². The van der Waals surface area contributed by atoms with Crippen LogP contribution in [0.25, 0.3) is 0 Å². The first-order valence-electron chi connectivity index (χ1n) is 7.15. The lowest BCUT2D eigenvalue weighted by Crippen LogP contribution is -2.12. The van der Waals surface area contributed by atoms with E-state index in [4.69, 9.17) is 16.3 Å². The van der Waals surface area contributed by atoms with Crippen molar-refractivity contribution in [3.63, 3.8) is 0 Å². The normalized spacial score (nSPS) is 30.6. The van der Waals surface area contributed by atoms with Crippen molar-refractivity contribution in [3.8, 4) is 5.75 Å². The van der Waals surface area contributed by atoms with Gasteiger partial charge in [-0.25, -0.2) is 0 Å². The molecule has 2 aliphatic rings. The minimum Gasteiger partial charge on any atom is -0.497 e. The molecule has 4 unspecified atom stereocenters. The number of fused-ring (bicyclic) bond motifs is 2. The molecule has 104 valence electrons. The minimum absolute atomic E-state index is 0.115. The maximum Gasteiger partial charge on any atom is 0.120 e. The average molecular weight is 344 g/mol. The first-order chi connectivity index (χ1) is 9.17. The molecule has 0 heterocycles. The smallest absolute Gasteiger partial charge is 0.120 e. The first kappa shape index (κ1) is 13.8. The highest BCUT2D eigenvalue weighted by Gasteiger charge is 2.40. The second kappa shape index (κ2) is 5.65. The Bertz CT molecular complexity index is 462. The minimum atomic E-state index is 0.115. The number of rotatable bonds is 4. The number of methoxy groups -OCH3 is 1. The predicted molar refractivity (Wildman–Crippen MR) is 82.8 cm³/mol. The van der Waals surface area contributed by atoms with Gasteiger partial charge < -0.3 is 4.74 Å². The molecule has 0 saturated heterocycles. The summed E-state index contributed by atoms with van der Waals surface area (Å²) in [5.74, 6) is 3.66. The van der Waals surface area contributed by atoms with Gasteiger partial charge in [0.25, 0.3) is 0 Å². The summed E-state index contributed by atoms with van der Waals surface area (Å²) >= 11 is 10.3. The maximum absolute atomic E-state index is 6.65. The van der Waals surface area contributed by atoms with Gasteiger partial charge in [0.15, 0.2) is 0 Å². The molecule has 3 rings (SSSR count). The Labute approximate surface area is 128 Å². The molecular formula is C16H20BrClO. The van der Waals surface area contributed by atoms with Gasteiger partial charge in [0.05, 0.1) is 12.5 Å². The van der Waals surface area contributed by atoms with Crippen LogP contribution < -0.4 is 4.74 Å². The van der Waals surface area contributed by atoms with Gasteiger partial charge >= 0.3 is 0 Å². The van der Waals surface area contributed by atoms with Crippen molar-refractivity contribution in [1.82, 2.24) is 0 Å². The van der Waals surface area contributed by atoms with Gasteiger partial charge in [-0.1, -0.05) is 28.4 Å². The number of hydrogen-bond acceptors (Lipinski definition) is 1. The molecule has 2 bridgehead atoms. The zero-order valence-electron chi connectivity index (χ0n) is 11.2. The Balaban J connectivity index is 1.68. The van der Waals surface area contributed by atoms with Crippen molar-refractivity contribution in [2.75, 3.05) is 7.11 Å². The van der Waals surface area contributed by atoms with E-state index in [0.717, 1.165) is 34.4 Å². The van der Waals surface area contributed by atoms with Crippen molar-refractivity contribution in [2.24, 2.45) is 17.8 Å². The van der Waals surface area contributed by atoms with Crippen LogP contribution in [0, 0.1) is 17.8 Å². The lowest BCUT2D eigenvalue weighted by Gasteiger charge is -2.24. The summed E-state index contributed by atoms with van der Waals surface area (Å²) in [4.78, 5) is 0. The summed E-state index contributed by atoms with van der Waals surface area (Å²) in [5, 5.41) is 0.115. The Morgan fingerprint density at radius 3 is 2.79 bits per heavy atom. The average Bonchev–Trinajstić information content (AvgIpc) is 3.00. The first-order valence-corrected chi connectivity index (χ1v) is 8.38. The number of alkyl halides is 1. The molecular weight excluding hydrogens is 324 g/mol. The van der Waals surface area contributed by atoms with Crippen LogP contribution in [0.3, 0.4) is 0 Å². The van der Waals surface area contributed by atoms with Crippen molar-refractivity contribution >= 4 is 27.5 Å². The van der Waals surface area contributed by atoms with E-state index in [9.17, 15) is 0 Å². The zero-order chi connectivity index (χ0) is 13.4. The highest BCUT2D eigenvalue weighted by Crippen LogP contribution is 2.52. The standard InChI is InChI=1S/C16H20BrClO/c1-19-13-4-5-14(15(17)9-13)16(18)8-12-7-10-2-3-11(12)6-10/h4-5,9-12,16H,2-3,6-8H2,1H3. The summed E-state index contributed by atoms with van der Waals surface area (Å²) in [6.45, 7) is 0. The van der Waals surface area contributed by atoms with Gasteiger partial charge in [-0.05, 0) is 61.1 Å². The molecule has 2 fully saturated rings. The largest absolute Gasteiger partial charge is 0.497 e. The number of halogens is 2. The molecule has 3 heteroatoms. The summed E-state index contributed by atoms with van der Waals surface area (Å²) in [5.41, 5.74) is 1.20. The van der Waals surface area contributed by atoms with Crippen LogP contribution in [0.1, 0.15) is 43.0 Å². The van der Waals surface area contributed by atoms with Crippen LogP contribution in [-0.2, 0) is 0 Å². The summed E-state index contributed by atoms with van der Waals surface area (Å²) in [6, 6.07) is 6.09. The summed E-state index contributed by atoms with van der Waals surface area (Å²) in [6.07, 6.45) is 6.87. The summed E-state index contributed by atoms with van der Waals surface area (Å²) < 4.78 is 6.30. The molecule has 1 aromatic rings. The van der Waals surface area contributed by atoms with Gasteiger partial charge in [-0.2, -0.15) is 0 Å². The van der Waals surface area contributed by atoms with Gasteiger partial charge in [-0.15, -0.1) is 11.6 Å². The lowest BCUT2D eigenvalue weighted by molar-refractivity contribution is 0.311. The van der Waals surface area contributed by atoms with Crippen molar-refractivity contribution in [3.05, 3.63) is 28.2 Å². The molecule has 0 aliphatic heterocycles. The number of hydrogen-bond donors (Lipinski definition) is 0. The second-order valence-corrected chi connectivity index (χ2v) is 7.41. The van der Waals surface area contributed by atoms with Gasteiger partial charge in [0, 0.05) is 4.47 Å². The fourth-order valence-electron chi connectivity index (χ4n) is 3.95. The van der Waals surface area contributed by atoms with Crippen LogP contribution in [0.4, 0.5) is 0 Å². The van der Waals surface area contributed by atoms with Crippen LogP contribution in [-0.4, -0.2) is 7.11 Å². The predicted octanol–water partition coefficient (Wildman–Crippen LogP) is 5.56. The van der Waals surface area contributed by atoms with Crippen molar-refractivity contribution < 1.29 is 4.74 Å². The molecule has 19 heavy (non-hydrogen) atoms. The van der Waals surface area contributed by atoms with Gasteiger partial charge in [0.2, 0.25) is 0 Å². The third-order valence-electron chi connectivity index (χ3n) is 4.94. The summed E-state index contributed by atoms with van der Waals surface area (Å²) in [7, 11) is 1.69. The number of benzene rings is 1. The second-order valence-electron chi connectivity index (χ2n) is 6.03. The third kappa shape index (κ3) is 2.80. The van der Waals surface area contributed by atoms with E-state index >= 15 is 0 Å². The van der Waals surface area contributed by atoms with E-state index in [1.54, 1.807) is 7.11 Å². The van der Waals surface area contributed by atoms with Crippen LogP contribution >= 0.6 is 27.5 Å². The Hall–Kier alpha value is -0.210. The van der Waals surface area contributed by atoms with E-state index in [1.807, 2.05) is 12.1 Å². The fraction of sp³-hybridized carbons (Fsp3) is 0.625. The van der Waals surface area contributed by atoms with Crippen molar-refractivity contribution in [2.45, 2.75) is 37.5 Å². The quantitative estimate of drug-likeness (QED) is 0.650. The SMILES string of the molecule is COc1ccc(C(Cl)CC2CC3CCC2C3)c(Br)c1. The molecule has 0 spiro atoms. The van der Waals surface area contributed by atoms with E-state index in [0.29, 0.717) is 0 Å². The third-order valence-corrected chi connectivity index (χ3v) is 6.04. The van der Waals surface area contributed by atoms with Crippen LogP contribution in [0.5, 0.6) is 5.75 Å². The molecule has 4 atom stereocenters. The van der Waals surface area contributed by atoms with Gasteiger partial charge in [0.1, 0.15) is 5.75 Å². The highest BCUT2D eigenvalue weighted by molar-refractivity contribution is 9.10.